The van der Waals surface area contributed by atoms with E-state index in [-0.39, 0.29) is 17.7 Å². The quantitative estimate of drug-likeness (QED) is 0.867. The molecule has 0 spiro atoms. The minimum absolute atomic E-state index is 0.00994. The molecule has 1 saturated carbocycles. The van der Waals surface area contributed by atoms with Crippen LogP contribution in [0, 0.1) is 11.8 Å². The second-order valence-electron chi connectivity index (χ2n) is 5.50. The minimum Gasteiger partial charge on any atom is -0.392 e. The molecule has 1 aliphatic carbocycles. The van der Waals surface area contributed by atoms with Gasteiger partial charge in [-0.15, -0.1) is 0 Å². The molecule has 1 aliphatic rings. The van der Waals surface area contributed by atoms with E-state index in [0.717, 1.165) is 19.3 Å². The van der Waals surface area contributed by atoms with Crippen molar-refractivity contribution in [3.63, 3.8) is 0 Å². The lowest BCUT2D eigenvalue weighted by molar-refractivity contribution is 0.281. The number of nitrogens with one attached hydrogen (secondary N) is 1. The zero-order chi connectivity index (χ0) is 14.8. The molecule has 6 heteroatoms. The topological polar surface area (TPSA) is 79.3 Å². The van der Waals surface area contributed by atoms with Crippen molar-refractivity contribution in [2.45, 2.75) is 50.8 Å². The van der Waals surface area contributed by atoms with Gasteiger partial charge in [0.25, 0.3) is 10.0 Å². The summed E-state index contributed by atoms with van der Waals surface area (Å²) in [6, 6.07) is 3.00. The SMILES string of the molecule is CCC1CCC(NS(=O)(=O)c2ccc(CO)cn2)C1C. The van der Waals surface area contributed by atoms with Crippen molar-refractivity contribution in [1.29, 1.82) is 0 Å². The van der Waals surface area contributed by atoms with Crippen molar-refractivity contribution >= 4 is 10.0 Å². The Morgan fingerprint density at radius 1 is 1.40 bits per heavy atom. The number of aliphatic hydroxyl groups is 1. The summed E-state index contributed by atoms with van der Waals surface area (Å²) < 4.78 is 27.4. The Labute approximate surface area is 120 Å². The first kappa shape index (κ1) is 15.4. The second kappa shape index (κ2) is 6.20. The van der Waals surface area contributed by atoms with Gasteiger partial charge in [-0.3, -0.25) is 0 Å². The monoisotopic (exact) mass is 298 g/mol. The van der Waals surface area contributed by atoms with Gasteiger partial charge in [0.1, 0.15) is 0 Å². The average molecular weight is 298 g/mol. The van der Waals surface area contributed by atoms with Gasteiger partial charge < -0.3 is 5.11 Å². The Hall–Kier alpha value is -0.980. The Morgan fingerprint density at radius 3 is 2.65 bits per heavy atom. The van der Waals surface area contributed by atoms with Gasteiger partial charge in [-0.05, 0) is 36.3 Å². The highest BCUT2D eigenvalue weighted by molar-refractivity contribution is 7.89. The molecule has 0 radical (unpaired) electrons. The van der Waals surface area contributed by atoms with E-state index in [4.69, 9.17) is 5.11 Å². The van der Waals surface area contributed by atoms with Crippen LogP contribution in [-0.2, 0) is 16.6 Å². The molecule has 0 aromatic carbocycles. The summed E-state index contributed by atoms with van der Waals surface area (Å²) in [7, 11) is -3.58. The normalized spacial score (nSPS) is 26.9. The fourth-order valence-electron chi connectivity index (χ4n) is 2.91. The smallest absolute Gasteiger partial charge is 0.258 e. The summed E-state index contributed by atoms with van der Waals surface area (Å²) in [6.07, 6.45) is 4.43. The molecule has 5 nitrogen and oxygen atoms in total. The zero-order valence-corrected chi connectivity index (χ0v) is 12.7. The summed E-state index contributed by atoms with van der Waals surface area (Å²) in [5.41, 5.74) is 0.601. The predicted octanol–water partition coefficient (Wildman–Crippen LogP) is 1.68. The highest BCUT2D eigenvalue weighted by Crippen LogP contribution is 2.34. The summed E-state index contributed by atoms with van der Waals surface area (Å²) in [6.45, 7) is 4.11. The molecule has 2 rings (SSSR count). The molecule has 1 fully saturated rings. The van der Waals surface area contributed by atoms with Crippen molar-refractivity contribution in [1.82, 2.24) is 9.71 Å². The van der Waals surface area contributed by atoms with Crippen LogP contribution < -0.4 is 4.72 Å². The van der Waals surface area contributed by atoms with E-state index in [0.29, 0.717) is 17.4 Å². The molecule has 0 amide bonds. The molecule has 1 heterocycles. The van der Waals surface area contributed by atoms with E-state index in [1.807, 2.05) is 0 Å². The molecule has 1 aromatic rings. The van der Waals surface area contributed by atoms with E-state index >= 15 is 0 Å². The molecule has 2 N–H and O–H groups in total. The fraction of sp³-hybridized carbons (Fsp3) is 0.643. The van der Waals surface area contributed by atoms with Crippen LogP contribution in [0.4, 0.5) is 0 Å². The summed E-state index contributed by atoms with van der Waals surface area (Å²) in [4.78, 5) is 3.92. The van der Waals surface area contributed by atoms with Crippen molar-refractivity contribution < 1.29 is 13.5 Å². The average Bonchev–Trinajstić information content (AvgIpc) is 2.79. The van der Waals surface area contributed by atoms with Gasteiger partial charge in [0.2, 0.25) is 0 Å². The number of sulfonamides is 1. The van der Waals surface area contributed by atoms with Crippen LogP contribution in [0.1, 0.15) is 38.7 Å². The van der Waals surface area contributed by atoms with Crippen molar-refractivity contribution in [3.8, 4) is 0 Å². The fourth-order valence-corrected chi connectivity index (χ4v) is 4.20. The van der Waals surface area contributed by atoms with Crippen molar-refractivity contribution in [3.05, 3.63) is 23.9 Å². The van der Waals surface area contributed by atoms with Gasteiger partial charge in [0, 0.05) is 12.2 Å². The van der Waals surface area contributed by atoms with E-state index < -0.39 is 10.0 Å². The molecule has 3 unspecified atom stereocenters. The number of rotatable bonds is 5. The molecule has 0 saturated heterocycles. The second-order valence-corrected chi connectivity index (χ2v) is 7.16. The van der Waals surface area contributed by atoms with Crippen LogP contribution in [0.15, 0.2) is 23.4 Å². The third kappa shape index (κ3) is 3.19. The van der Waals surface area contributed by atoms with Gasteiger partial charge in [-0.2, -0.15) is 0 Å². The van der Waals surface area contributed by atoms with E-state index in [1.54, 1.807) is 6.07 Å². The van der Waals surface area contributed by atoms with Gasteiger partial charge in [0.15, 0.2) is 5.03 Å². The maximum absolute atomic E-state index is 12.3. The number of hydrogen-bond acceptors (Lipinski definition) is 4. The third-order valence-electron chi connectivity index (χ3n) is 4.31. The van der Waals surface area contributed by atoms with E-state index in [2.05, 4.69) is 23.6 Å². The summed E-state index contributed by atoms with van der Waals surface area (Å²) >= 11 is 0. The first-order valence-corrected chi connectivity index (χ1v) is 8.54. The molecular formula is C14H22N2O3S. The molecule has 3 atom stereocenters. The Balaban J connectivity index is 2.11. The number of hydrogen-bond donors (Lipinski definition) is 2. The standard InChI is InChI=1S/C14H22N2O3S/c1-3-12-5-6-13(10(12)2)16-20(18,19)14-7-4-11(9-17)8-15-14/h4,7-8,10,12-13,16-17H,3,5-6,9H2,1-2H3. The highest BCUT2D eigenvalue weighted by atomic mass is 32.2. The van der Waals surface area contributed by atoms with Gasteiger partial charge in [-0.25, -0.2) is 18.1 Å². The minimum atomic E-state index is -3.58. The molecule has 0 aliphatic heterocycles. The van der Waals surface area contributed by atoms with Gasteiger partial charge in [0.05, 0.1) is 6.61 Å². The maximum atomic E-state index is 12.3. The maximum Gasteiger partial charge on any atom is 0.258 e. The third-order valence-corrected chi connectivity index (χ3v) is 5.72. The van der Waals surface area contributed by atoms with Gasteiger partial charge >= 0.3 is 0 Å². The summed E-state index contributed by atoms with van der Waals surface area (Å²) in [5.74, 6) is 0.943. The lowest BCUT2D eigenvalue weighted by Crippen LogP contribution is -2.37. The molecule has 112 valence electrons. The van der Waals surface area contributed by atoms with Crippen LogP contribution in [-0.4, -0.2) is 24.6 Å². The highest BCUT2D eigenvalue weighted by Gasteiger charge is 2.34. The lowest BCUT2D eigenvalue weighted by Gasteiger charge is -2.20. The predicted molar refractivity (Wildman–Crippen MR) is 76.4 cm³/mol. The Bertz CT molecular complexity index is 542. The number of nitrogens with zero attached hydrogens (tertiary/aromatic N) is 1. The zero-order valence-electron chi connectivity index (χ0n) is 11.9. The van der Waals surface area contributed by atoms with Crippen molar-refractivity contribution in [2.75, 3.05) is 0 Å². The Morgan fingerprint density at radius 2 is 2.15 bits per heavy atom. The molecule has 1 aromatic heterocycles. The Kier molecular flexibility index (Phi) is 4.78. The van der Waals surface area contributed by atoms with Crippen LogP contribution >= 0.6 is 0 Å². The van der Waals surface area contributed by atoms with Crippen LogP contribution in [0.2, 0.25) is 0 Å². The number of aromatic nitrogens is 1. The molecule has 0 bridgehead atoms. The van der Waals surface area contributed by atoms with Crippen LogP contribution in [0.5, 0.6) is 0 Å². The first-order chi connectivity index (χ1) is 9.47. The van der Waals surface area contributed by atoms with Crippen LogP contribution in [0.3, 0.4) is 0 Å². The first-order valence-electron chi connectivity index (χ1n) is 7.06. The number of aliphatic hydroxyl groups excluding tert-OH is 1. The number of pyridine rings is 1. The van der Waals surface area contributed by atoms with E-state index in [1.165, 1.54) is 12.3 Å². The van der Waals surface area contributed by atoms with Crippen molar-refractivity contribution in [2.24, 2.45) is 11.8 Å². The summed E-state index contributed by atoms with van der Waals surface area (Å²) in [5, 5.41) is 8.96. The largest absolute Gasteiger partial charge is 0.392 e. The van der Waals surface area contributed by atoms with Gasteiger partial charge in [-0.1, -0.05) is 26.3 Å². The molecule has 20 heavy (non-hydrogen) atoms. The lowest BCUT2D eigenvalue weighted by atomic mass is 9.94. The molecular weight excluding hydrogens is 276 g/mol. The van der Waals surface area contributed by atoms with Crippen LogP contribution in [0.25, 0.3) is 0 Å². The van der Waals surface area contributed by atoms with E-state index in [9.17, 15) is 8.42 Å².